The highest BCUT2D eigenvalue weighted by Gasteiger charge is 2.29. The van der Waals surface area contributed by atoms with Gasteiger partial charge in [0.2, 0.25) is 0 Å². The number of rotatable bonds is 4. The van der Waals surface area contributed by atoms with Gasteiger partial charge >= 0.3 is 6.18 Å². The van der Waals surface area contributed by atoms with Gasteiger partial charge in [-0.25, -0.2) is 0 Å². The van der Waals surface area contributed by atoms with E-state index >= 15 is 0 Å². The number of nitrogens with zero attached hydrogens (tertiary/aromatic N) is 1. The summed E-state index contributed by atoms with van der Waals surface area (Å²) in [4.78, 5) is 2.22. The number of alkyl halides is 3. The van der Waals surface area contributed by atoms with Gasteiger partial charge < -0.3 is 15.0 Å². The molecule has 0 radical (unpaired) electrons. The van der Waals surface area contributed by atoms with Crippen LogP contribution in [0.15, 0.2) is 24.3 Å². The second kappa shape index (κ2) is 5.91. The Balaban J connectivity index is 2.01. The van der Waals surface area contributed by atoms with Gasteiger partial charge in [0.25, 0.3) is 0 Å². The van der Waals surface area contributed by atoms with Gasteiger partial charge in [0.1, 0.15) is 5.75 Å². The van der Waals surface area contributed by atoms with Crippen molar-refractivity contribution in [1.82, 2.24) is 4.90 Å². The fourth-order valence-electron chi connectivity index (χ4n) is 2.39. The molecule has 0 saturated carbocycles. The topological polar surface area (TPSA) is 24.5 Å². The number of ether oxygens (including phenoxy) is 1. The Morgan fingerprint density at radius 1 is 1.35 bits per heavy atom. The summed E-state index contributed by atoms with van der Waals surface area (Å²) in [6.45, 7) is 1.73. The van der Waals surface area contributed by atoms with E-state index in [-0.39, 0.29) is 11.8 Å². The molecule has 1 heterocycles. The highest BCUT2D eigenvalue weighted by Crippen LogP contribution is 2.28. The van der Waals surface area contributed by atoms with Gasteiger partial charge in [-0.1, -0.05) is 12.1 Å². The van der Waals surface area contributed by atoms with E-state index in [4.69, 9.17) is 4.74 Å². The van der Waals surface area contributed by atoms with Crippen LogP contribution in [0.4, 0.5) is 18.9 Å². The zero-order valence-corrected chi connectivity index (χ0v) is 11.6. The van der Waals surface area contributed by atoms with Gasteiger partial charge in [-0.3, -0.25) is 0 Å². The van der Waals surface area contributed by atoms with Crippen molar-refractivity contribution < 1.29 is 17.9 Å². The van der Waals surface area contributed by atoms with Crippen molar-refractivity contribution in [1.29, 1.82) is 0 Å². The molecular formula is C14H19F3N2O. The van der Waals surface area contributed by atoms with E-state index in [2.05, 4.69) is 17.1 Å². The lowest BCUT2D eigenvalue weighted by atomic mass is 10.2. The molecule has 0 bridgehead atoms. The number of likely N-dealkylation sites (tertiary alicyclic amines) is 1. The number of anilines is 1. The summed E-state index contributed by atoms with van der Waals surface area (Å²) in [6, 6.07) is 7.44. The summed E-state index contributed by atoms with van der Waals surface area (Å²) < 4.78 is 41.5. The highest BCUT2D eigenvalue weighted by molar-refractivity contribution is 5.57. The van der Waals surface area contributed by atoms with Gasteiger partial charge in [-0.05, 0) is 32.5 Å². The predicted molar refractivity (Wildman–Crippen MR) is 72.1 cm³/mol. The molecule has 0 aliphatic carbocycles. The van der Waals surface area contributed by atoms with E-state index in [0.717, 1.165) is 13.0 Å². The lowest BCUT2D eigenvalue weighted by molar-refractivity contribution is -0.153. The maximum atomic E-state index is 12.2. The molecule has 1 aromatic carbocycles. The van der Waals surface area contributed by atoms with Crippen LogP contribution in [0, 0.1) is 0 Å². The van der Waals surface area contributed by atoms with Crippen molar-refractivity contribution in [2.24, 2.45) is 0 Å². The molecule has 3 nitrogen and oxygen atoms in total. The Hall–Kier alpha value is -1.43. The predicted octanol–water partition coefficient (Wildman–Crippen LogP) is 3.13. The zero-order chi connectivity index (χ0) is 14.8. The van der Waals surface area contributed by atoms with Crippen LogP contribution in [0.2, 0.25) is 0 Å². The largest absolute Gasteiger partial charge is 0.482 e. The van der Waals surface area contributed by atoms with Gasteiger partial charge in [-0.15, -0.1) is 0 Å². The third-order valence-electron chi connectivity index (χ3n) is 3.52. The number of hydrogen-bond donors (Lipinski definition) is 1. The quantitative estimate of drug-likeness (QED) is 0.921. The number of likely N-dealkylation sites (N-methyl/N-ethyl adjacent to an activating group) is 1. The SMILES string of the molecule is CC1CC(Nc2ccccc2OCC(F)(F)F)CN1C. The van der Waals surface area contributed by atoms with Gasteiger partial charge in [-0.2, -0.15) is 13.2 Å². The molecule has 20 heavy (non-hydrogen) atoms. The first-order chi connectivity index (χ1) is 9.35. The molecule has 1 aliphatic heterocycles. The summed E-state index contributed by atoms with van der Waals surface area (Å²) >= 11 is 0. The molecule has 112 valence electrons. The average Bonchev–Trinajstić information content (AvgIpc) is 2.66. The Labute approximate surface area is 116 Å². The van der Waals surface area contributed by atoms with Crippen molar-refractivity contribution in [3.63, 3.8) is 0 Å². The number of benzene rings is 1. The van der Waals surface area contributed by atoms with Crippen LogP contribution in [-0.2, 0) is 0 Å². The first kappa shape index (κ1) is 15.0. The normalized spacial score (nSPS) is 23.9. The van der Waals surface area contributed by atoms with Gasteiger partial charge in [0.05, 0.1) is 5.69 Å². The second-order valence-corrected chi connectivity index (χ2v) is 5.27. The fraction of sp³-hybridized carbons (Fsp3) is 0.571. The van der Waals surface area contributed by atoms with Crippen LogP contribution in [-0.4, -0.2) is 43.4 Å². The van der Waals surface area contributed by atoms with E-state index < -0.39 is 12.8 Å². The molecule has 1 fully saturated rings. The third kappa shape index (κ3) is 4.03. The van der Waals surface area contributed by atoms with Crippen LogP contribution in [0.25, 0.3) is 0 Å². The Kier molecular flexibility index (Phi) is 4.42. The first-order valence-electron chi connectivity index (χ1n) is 6.60. The minimum atomic E-state index is -4.32. The molecule has 1 N–H and O–H groups in total. The summed E-state index contributed by atoms with van der Waals surface area (Å²) in [5.41, 5.74) is 0.615. The fourth-order valence-corrected chi connectivity index (χ4v) is 2.39. The van der Waals surface area contributed by atoms with Crippen molar-refractivity contribution in [3.05, 3.63) is 24.3 Å². The Bertz CT molecular complexity index is 440. The molecule has 2 rings (SSSR count). The maximum Gasteiger partial charge on any atom is 0.422 e. The van der Waals surface area contributed by atoms with Crippen molar-refractivity contribution in [2.75, 3.05) is 25.5 Å². The monoisotopic (exact) mass is 288 g/mol. The van der Waals surface area contributed by atoms with E-state index in [0.29, 0.717) is 11.7 Å². The van der Waals surface area contributed by atoms with E-state index in [1.165, 1.54) is 0 Å². The summed E-state index contributed by atoms with van der Waals surface area (Å²) in [5, 5.41) is 3.27. The first-order valence-corrected chi connectivity index (χ1v) is 6.60. The van der Waals surface area contributed by atoms with Gasteiger partial charge in [0, 0.05) is 18.6 Å². The van der Waals surface area contributed by atoms with Crippen LogP contribution in [0.3, 0.4) is 0 Å². The minimum Gasteiger partial charge on any atom is -0.482 e. The van der Waals surface area contributed by atoms with Crippen LogP contribution < -0.4 is 10.1 Å². The molecule has 6 heteroatoms. The molecule has 1 saturated heterocycles. The molecule has 2 atom stereocenters. The highest BCUT2D eigenvalue weighted by atomic mass is 19.4. The van der Waals surface area contributed by atoms with Crippen molar-refractivity contribution >= 4 is 5.69 Å². The van der Waals surface area contributed by atoms with E-state index in [1.807, 2.05) is 7.05 Å². The average molecular weight is 288 g/mol. The Morgan fingerprint density at radius 2 is 2.05 bits per heavy atom. The van der Waals surface area contributed by atoms with Crippen molar-refractivity contribution in [2.45, 2.75) is 31.6 Å². The number of para-hydroxylation sites is 2. The standard InChI is InChI=1S/C14H19F3N2O/c1-10-7-11(8-19(10)2)18-12-5-3-4-6-13(12)20-9-14(15,16)17/h3-6,10-11,18H,7-9H2,1-2H3. The van der Waals surface area contributed by atoms with E-state index in [9.17, 15) is 13.2 Å². The molecule has 0 spiro atoms. The third-order valence-corrected chi connectivity index (χ3v) is 3.52. The molecule has 0 aromatic heterocycles. The lowest BCUT2D eigenvalue weighted by Crippen LogP contribution is -2.25. The Morgan fingerprint density at radius 3 is 2.65 bits per heavy atom. The number of hydrogen-bond acceptors (Lipinski definition) is 3. The number of nitrogens with one attached hydrogen (secondary N) is 1. The van der Waals surface area contributed by atoms with E-state index in [1.54, 1.807) is 24.3 Å². The zero-order valence-electron chi connectivity index (χ0n) is 11.6. The van der Waals surface area contributed by atoms with Crippen molar-refractivity contribution in [3.8, 4) is 5.75 Å². The molecule has 1 aromatic rings. The van der Waals surface area contributed by atoms with Crippen LogP contribution in [0.1, 0.15) is 13.3 Å². The maximum absolute atomic E-state index is 12.2. The second-order valence-electron chi connectivity index (χ2n) is 5.27. The summed E-state index contributed by atoms with van der Waals surface area (Å²) in [5.74, 6) is 0.243. The number of halogens is 3. The van der Waals surface area contributed by atoms with Gasteiger partial charge in [0.15, 0.2) is 6.61 Å². The minimum absolute atomic E-state index is 0.227. The molecule has 1 aliphatic rings. The van der Waals surface area contributed by atoms with Crippen LogP contribution in [0.5, 0.6) is 5.75 Å². The molecule has 0 amide bonds. The summed E-state index contributed by atoms with van der Waals surface area (Å²) in [6.07, 6.45) is -3.36. The molecular weight excluding hydrogens is 269 g/mol. The summed E-state index contributed by atoms with van der Waals surface area (Å²) in [7, 11) is 2.04. The molecule has 2 unspecified atom stereocenters. The smallest absolute Gasteiger partial charge is 0.422 e. The lowest BCUT2D eigenvalue weighted by Gasteiger charge is -2.18. The van der Waals surface area contributed by atoms with Crippen LogP contribution >= 0.6 is 0 Å².